The van der Waals surface area contributed by atoms with Gasteiger partial charge in [0.2, 0.25) is 0 Å². The average molecular weight is 404 g/mol. The molecular formula is C22H21FN6O. The number of aromatic amines is 2. The maximum Gasteiger partial charge on any atom is 0.271 e. The summed E-state index contributed by atoms with van der Waals surface area (Å²) in [7, 11) is 0. The van der Waals surface area contributed by atoms with Crippen LogP contribution in [0.2, 0.25) is 0 Å². The number of para-hydroxylation sites is 2. The van der Waals surface area contributed by atoms with Gasteiger partial charge in [-0.1, -0.05) is 12.1 Å². The second kappa shape index (κ2) is 7.72. The molecule has 0 radical (unpaired) electrons. The van der Waals surface area contributed by atoms with Gasteiger partial charge in [-0.2, -0.15) is 5.10 Å². The molecule has 5 rings (SSSR count). The molecule has 8 heteroatoms. The maximum atomic E-state index is 13.1. The average Bonchev–Trinajstić information content (AvgIpc) is 3.41. The van der Waals surface area contributed by atoms with E-state index < -0.39 is 0 Å². The molecule has 2 aromatic carbocycles. The van der Waals surface area contributed by atoms with Crippen LogP contribution in [0.4, 0.5) is 4.39 Å². The molecule has 0 saturated carbocycles. The van der Waals surface area contributed by atoms with Crippen LogP contribution in [-0.2, 0) is 6.54 Å². The molecular weight excluding hydrogens is 383 g/mol. The van der Waals surface area contributed by atoms with E-state index in [1.807, 2.05) is 29.2 Å². The van der Waals surface area contributed by atoms with Crippen molar-refractivity contribution < 1.29 is 9.18 Å². The van der Waals surface area contributed by atoms with Gasteiger partial charge in [-0.15, -0.1) is 0 Å². The van der Waals surface area contributed by atoms with E-state index in [1.54, 1.807) is 18.2 Å². The van der Waals surface area contributed by atoms with Gasteiger partial charge in [-0.25, -0.2) is 9.37 Å². The van der Waals surface area contributed by atoms with E-state index in [4.69, 9.17) is 0 Å². The summed E-state index contributed by atoms with van der Waals surface area (Å²) in [6.45, 7) is 3.58. The maximum absolute atomic E-state index is 13.1. The number of carbonyl (C=O) groups excluding carboxylic acids is 1. The first-order chi connectivity index (χ1) is 14.7. The second-order valence-electron chi connectivity index (χ2n) is 7.44. The molecule has 2 N–H and O–H groups in total. The van der Waals surface area contributed by atoms with E-state index in [1.165, 1.54) is 12.1 Å². The molecule has 4 aromatic rings. The number of nitrogens with zero attached hydrogens (tertiary/aromatic N) is 4. The molecule has 1 aliphatic rings. The lowest BCUT2D eigenvalue weighted by molar-refractivity contribution is 0.0620. The Kier molecular flexibility index (Phi) is 4.76. The summed E-state index contributed by atoms with van der Waals surface area (Å²) >= 11 is 0. The first-order valence-electron chi connectivity index (χ1n) is 9.92. The van der Waals surface area contributed by atoms with Gasteiger partial charge in [0.05, 0.1) is 23.3 Å². The van der Waals surface area contributed by atoms with Crippen molar-refractivity contribution in [3.8, 4) is 11.3 Å². The Morgan fingerprint density at radius 2 is 1.80 bits per heavy atom. The number of piperazine rings is 1. The Morgan fingerprint density at radius 3 is 2.57 bits per heavy atom. The molecule has 2 aromatic heterocycles. The number of hydrogen-bond acceptors (Lipinski definition) is 4. The SMILES string of the molecule is O=C(c1cc(-c2ccc(F)cc2)n[nH]1)N1CCN(Cc2nc3ccccc3[nH]2)CC1. The summed E-state index contributed by atoms with van der Waals surface area (Å²) in [4.78, 5) is 24.9. The van der Waals surface area contributed by atoms with Crippen molar-refractivity contribution in [2.24, 2.45) is 0 Å². The fourth-order valence-corrected chi connectivity index (χ4v) is 3.77. The number of aromatic nitrogens is 4. The van der Waals surface area contributed by atoms with Crippen LogP contribution < -0.4 is 0 Å². The zero-order valence-corrected chi connectivity index (χ0v) is 16.3. The molecule has 0 aliphatic carbocycles. The molecule has 0 atom stereocenters. The second-order valence-corrected chi connectivity index (χ2v) is 7.44. The van der Waals surface area contributed by atoms with Gasteiger partial charge in [0.15, 0.2) is 0 Å². The summed E-state index contributed by atoms with van der Waals surface area (Å²) < 4.78 is 13.1. The predicted octanol–water partition coefficient (Wildman–Crippen LogP) is 3.05. The Balaban J connectivity index is 1.20. The molecule has 7 nitrogen and oxygen atoms in total. The van der Waals surface area contributed by atoms with Gasteiger partial charge in [0.25, 0.3) is 5.91 Å². The third kappa shape index (κ3) is 3.69. The van der Waals surface area contributed by atoms with Crippen LogP contribution in [-0.4, -0.2) is 62.1 Å². The van der Waals surface area contributed by atoms with Gasteiger partial charge in [-0.05, 0) is 42.5 Å². The monoisotopic (exact) mass is 404 g/mol. The predicted molar refractivity (Wildman–Crippen MR) is 111 cm³/mol. The Bertz CT molecular complexity index is 1140. The number of amides is 1. The highest BCUT2D eigenvalue weighted by atomic mass is 19.1. The summed E-state index contributed by atoms with van der Waals surface area (Å²) in [5, 5.41) is 7.02. The van der Waals surface area contributed by atoms with Crippen molar-refractivity contribution in [3.63, 3.8) is 0 Å². The lowest BCUT2D eigenvalue weighted by Gasteiger charge is -2.33. The standard InChI is InChI=1S/C22H21FN6O/c23-16-7-5-15(6-8-16)19-13-20(27-26-19)22(30)29-11-9-28(10-12-29)14-21-24-17-3-1-2-4-18(17)25-21/h1-8,13H,9-12,14H2,(H,24,25)(H,26,27). The number of fused-ring (bicyclic) bond motifs is 1. The Labute approximate surface area is 172 Å². The number of H-pyrrole nitrogens is 2. The number of carbonyl (C=O) groups is 1. The molecule has 1 amide bonds. The normalized spacial score (nSPS) is 15.0. The van der Waals surface area contributed by atoms with Gasteiger partial charge in [-0.3, -0.25) is 14.8 Å². The van der Waals surface area contributed by atoms with E-state index in [0.29, 0.717) is 24.5 Å². The van der Waals surface area contributed by atoms with Gasteiger partial charge >= 0.3 is 0 Å². The van der Waals surface area contributed by atoms with Crippen molar-refractivity contribution in [1.29, 1.82) is 0 Å². The fourth-order valence-electron chi connectivity index (χ4n) is 3.77. The minimum Gasteiger partial charge on any atom is -0.341 e. The minimum atomic E-state index is -0.300. The molecule has 0 spiro atoms. The highest BCUT2D eigenvalue weighted by Crippen LogP contribution is 2.19. The van der Waals surface area contributed by atoms with Crippen molar-refractivity contribution in [1.82, 2.24) is 30.0 Å². The summed E-state index contributed by atoms with van der Waals surface area (Å²) in [6.07, 6.45) is 0. The summed E-state index contributed by atoms with van der Waals surface area (Å²) in [6, 6.07) is 15.8. The number of benzene rings is 2. The van der Waals surface area contributed by atoms with Crippen LogP contribution in [0.5, 0.6) is 0 Å². The third-order valence-electron chi connectivity index (χ3n) is 5.42. The van der Waals surface area contributed by atoms with E-state index >= 15 is 0 Å². The summed E-state index contributed by atoms with van der Waals surface area (Å²) in [5.74, 6) is 0.568. The topological polar surface area (TPSA) is 80.9 Å². The zero-order chi connectivity index (χ0) is 20.5. The molecule has 1 saturated heterocycles. The number of rotatable bonds is 4. The molecule has 0 bridgehead atoms. The lowest BCUT2D eigenvalue weighted by Crippen LogP contribution is -2.48. The van der Waals surface area contributed by atoms with E-state index in [9.17, 15) is 9.18 Å². The van der Waals surface area contributed by atoms with Crippen LogP contribution in [0.3, 0.4) is 0 Å². The van der Waals surface area contributed by atoms with E-state index in [0.717, 1.165) is 42.1 Å². The lowest BCUT2D eigenvalue weighted by atomic mass is 10.1. The molecule has 30 heavy (non-hydrogen) atoms. The van der Waals surface area contributed by atoms with Gasteiger partial charge < -0.3 is 9.88 Å². The first-order valence-corrected chi connectivity index (χ1v) is 9.92. The number of imidazole rings is 1. The number of nitrogens with one attached hydrogen (secondary N) is 2. The number of hydrogen-bond donors (Lipinski definition) is 2. The van der Waals surface area contributed by atoms with Crippen molar-refractivity contribution >= 4 is 16.9 Å². The largest absolute Gasteiger partial charge is 0.341 e. The van der Waals surface area contributed by atoms with Gasteiger partial charge in [0, 0.05) is 31.7 Å². The van der Waals surface area contributed by atoms with Crippen LogP contribution in [0.25, 0.3) is 22.3 Å². The zero-order valence-electron chi connectivity index (χ0n) is 16.3. The molecule has 152 valence electrons. The molecule has 1 fully saturated rings. The quantitative estimate of drug-likeness (QED) is 0.548. The van der Waals surface area contributed by atoms with Crippen molar-refractivity contribution in [2.45, 2.75) is 6.54 Å². The summed E-state index contributed by atoms with van der Waals surface area (Å²) in [5.41, 5.74) is 3.85. The van der Waals surface area contributed by atoms with E-state index in [2.05, 4.69) is 25.1 Å². The highest BCUT2D eigenvalue weighted by molar-refractivity contribution is 5.93. The van der Waals surface area contributed by atoms with Crippen molar-refractivity contribution in [2.75, 3.05) is 26.2 Å². The van der Waals surface area contributed by atoms with Crippen molar-refractivity contribution in [3.05, 3.63) is 71.9 Å². The number of halogens is 1. The highest BCUT2D eigenvalue weighted by Gasteiger charge is 2.24. The minimum absolute atomic E-state index is 0.0701. The smallest absolute Gasteiger partial charge is 0.271 e. The van der Waals surface area contributed by atoms with Crippen LogP contribution in [0.1, 0.15) is 16.3 Å². The Hall–Kier alpha value is -3.52. The fraction of sp³-hybridized carbons (Fsp3) is 0.227. The van der Waals surface area contributed by atoms with E-state index in [-0.39, 0.29) is 11.7 Å². The van der Waals surface area contributed by atoms with Crippen LogP contribution >= 0.6 is 0 Å². The van der Waals surface area contributed by atoms with Crippen LogP contribution in [0.15, 0.2) is 54.6 Å². The third-order valence-corrected chi connectivity index (χ3v) is 5.42. The van der Waals surface area contributed by atoms with Gasteiger partial charge in [0.1, 0.15) is 17.3 Å². The molecule has 0 unspecified atom stereocenters. The molecule has 3 heterocycles. The first kappa shape index (κ1) is 18.5. The molecule has 1 aliphatic heterocycles. The Morgan fingerprint density at radius 1 is 1.03 bits per heavy atom. The van der Waals surface area contributed by atoms with Crippen LogP contribution in [0, 0.1) is 5.82 Å².